The van der Waals surface area contributed by atoms with E-state index in [1.807, 2.05) is 0 Å². The molecule has 0 heterocycles. The molecule has 0 amide bonds. The lowest BCUT2D eigenvalue weighted by Crippen LogP contribution is -1.98. The van der Waals surface area contributed by atoms with Crippen LogP contribution in [0.25, 0.3) is 0 Å². The highest BCUT2D eigenvalue weighted by Crippen LogP contribution is 2.14. The van der Waals surface area contributed by atoms with Gasteiger partial charge < -0.3 is 4.52 Å². The van der Waals surface area contributed by atoms with Crippen LogP contribution in [0.3, 0.4) is 0 Å². The molecule has 0 saturated heterocycles. The summed E-state index contributed by atoms with van der Waals surface area (Å²) >= 11 is 3.10. The molecule has 0 N–H and O–H groups in total. The van der Waals surface area contributed by atoms with Crippen LogP contribution in [-0.4, -0.2) is 11.1 Å². The zero-order valence-electron chi connectivity index (χ0n) is 6.29. The van der Waals surface area contributed by atoms with Crippen molar-refractivity contribution < 1.29 is 9.32 Å². The average Bonchev–Trinajstić information content (AvgIpc) is 2.17. The molecular weight excluding hydrogens is 239 g/mol. The summed E-state index contributed by atoms with van der Waals surface area (Å²) in [5.74, 6) is 0.802. The standard InChI is InChI=1S/C8H8BrO2P/c9-5-8(10)6-1-3-7(11-12)4-2-6/h1-4H,5,12H2. The molecule has 1 rings (SSSR count). The fraction of sp³-hybridized carbons (Fsp3) is 0.125. The summed E-state index contributed by atoms with van der Waals surface area (Å²) in [4.78, 5) is 11.1. The maximum absolute atomic E-state index is 11.1. The van der Waals surface area contributed by atoms with E-state index in [4.69, 9.17) is 4.52 Å². The molecule has 0 aliphatic heterocycles. The van der Waals surface area contributed by atoms with Crippen molar-refractivity contribution in [2.45, 2.75) is 0 Å². The van der Waals surface area contributed by atoms with Gasteiger partial charge in [0, 0.05) is 5.56 Å². The van der Waals surface area contributed by atoms with Gasteiger partial charge in [-0.15, -0.1) is 0 Å². The van der Waals surface area contributed by atoms with E-state index in [0.717, 1.165) is 5.75 Å². The molecule has 1 aromatic rings. The maximum atomic E-state index is 11.1. The molecule has 0 spiro atoms. The Kier molecular flexibility index (Phi) is 3.70. The summed E-state index contributed by atoms with van der Waals surface area (Å²) in [6.45, 7) is 0. The molecular formula is C8H8BrO2P. The molecule has 64 valence electrons. The fourth-order valence-corrected chi connectivity index (χ4v) is 1.28. The van der Waals surface area contributed by atoms with Gasteiger partial charge in [-0.3, -0.25) is 4.79 Å². The Morgan fingerprint density at radius 2 is 2.00 bits per heavy atom. The number of Topliss-reactive ketones (excluding diaryl/α,β-unsaturated/α-hetero) is 1. The van der Waals surface area contributed by atoms with Gasteiger partial charge in [-0.2, -0.15) is 0 Å². The van der Waals surface area contributed by atoms with Crippen molar-refractivity contribution >= 4 is 31.2 Å². The van der Waals surface area contributed by atoms with Gasteiger partial charge in [-0.05, 0) is 24.3 Å². The topological polar surface area (TPSA) is 26.3 Å². The quantitative estimate of drug-likeness (QED) is 0.465. The molecule has 0 aliphatic carbocycles. The van der Waals surface area contributed by atoms with Crippen LogP contribution in [0.1, 0.15) is 10.4 Å². The van der Waals surface area contributed by atoms with E-state index in [2.05, 4.69) is 25.4 Å². The first-order valence-electron chi connectivity index (χ1n) is 3.34. The highest BCUT2D eigenvalue weighted by molar-refractivity contribution is 9.09. The van der Waals surface area contributed by atoms with Gasteiger partial charge in [0.15, 0.2) is 5.78 Å². The van der Waals surface area contributed by atoms with E-state index in [9.17, 15) is 4.79 Å². The predicted octanol–water partition coefficient (Wildman–Crippen LogP) is 2.43. The molecule has 0 bridgehead atoms. The first-order chi connectivity index (χ1) is 5.77. The highest BCUT2D eigenvalue weighted by atomic mass is 79.9. The number of halogens is 1. The van der Waals surface area contributed by atoms with Gasteiger partial charge in [0.2, 0.25) is 0 Å². The number of hydrogen-bond acceptors (Lipinski definition) is 2. The van der Waals surface area contributed by atoms with Crippen LogP contribution in [-0.2, 0) is 0 Å². The molecule has 0 fully saturated rings. The molecule has 1 atom stereocenters. The Hall–Kier alpha value is -0.400. The lowest BCUT2D eigenvalue weighted by atomic mass is 10.1. The van der Waals surface area contributed by atoms with E-state index >= 15 is 0 Å². The number of benzene rings is 1. The van der Waals surface area contributed by atoms with Crippen LogP contribution in [0.15, 0.2) is 24.3 Å². The summed E-state index contributed by atoms with van der Waals surface area (Å²) in [6.07, 6.45) is 0. The minimum Gasteiger partial charge on any atom is -0.480 e. The van der Waals surface area contributed by atoms with Crippen molar-refractivity contribution in [3.63, 3.8) is 0 Å². The Bertz CT molecular complexity index is 271. The van der Waals surface area contributed by atoms with Crippen LogP contribution in [0.5, 0.6) is 5.75 Å². The van der Waals surface area contributed by atoms with E-state index in [1.54, 1.807) is 24.3 Å². The Morgan fingerprint density at radius 3 is 2.42 bits per heavy atom. The molecule has 0 aliphatic rings. The zero-order chi connectivity index (χ0) is 8.97. The second-order valence-electron chi connectivity index (χ2n) is 2.20. The van der Waals surface area contributed by atoms with E-state index < -0.39 is 0 Å². The normalized spacial score (nSPS) is 9.50. The van der Waals surface area contributed by atoms with E-state index in [1.165, 1.54) is 0 Å². The molecule has 0 saturated carbocycles. The Balaban J connectivity index is 2.84. The number of carbonyl (C=O) groups is 1. The highest BCUT2D eigenvalue weighted by Gasteiger charge is 2.02. The van der Waals surface area contributed by atoms with E-state index in [-0.39, 0.29) is 5.78 Å². The summed E-state index contributed by atoms with van der Waals surface area (Å²) in [6, 6.07) is 6.98. The first-order valence-corrected chi connectivity index (χ1v) is 4.93. The zero-order valence-corrected chi connectivity index (χ0v) is 9.03. The number of rotatable bonds is 3. The van der Waals surface area contributed by atoms with Crippen LogP contribution >= 0.6 is 25.4 Å². The van der Waals surface area contributed by atoms with Crippen molar-refractivity contribution in [2.75, 3.05) is 5.33 Å². The smallest absolute Gasteiger partial charge is 0.173 e. The van der Waals surface area contributed by atoms with Crippen LogP contribution in [0.4, 0.5) is 0 Å². The van der Waals surface area contributed by atoms with Gasteiger partial charge in [0.1, 0.15) is 5.75 Å². The second-order valence-corrected chi connectivity index (χ2v) is 3.00. The monoisotopic (exact) mass is 246 g/mol. The fourth-order valence-electron chi connectivity index (χ4n) is 0.797. The van der Waals surface area contributed by atoms with Crippen LogP contribution in [0.2, 0.25) is 0 Å². The van der Waals surface area contributed by atoms with Crippen LogP contribution in [0, 0.1) is 0 Å². The summed E-state index contributed by atoms with van der Waals surface area (Å²) in [5, 5.41) is 0.355. The lowest BCUT2D eigenvalue weighted by Gasteiger charge is -1.99. The third-order valence-corrected chi connectivity index (χ3v) is 2.22. The minimum absolute atomic E-state index is 0.0744. The molecule has 1 unspecified atom stereocenters. The first kappa shape index (κ1) is 9.69. The van der Waals surface area contributed by atoms with Crippen molar-refractivity contribution in [3.05, 3.63) is 29.8 Å². The molecule has 4 heteroatoms. The van der Waals surface area contributed by atoms with Gasteiger partial charge in [0.05, 0.1) is 14.8 Å². The lowest BCUT2D eigenvalue weighted by molar-refractivity contribution is 0.102. The van der Waals surface area contributed by atoms with Crippen molar-refractivity contribution in [1.82, 2.24) is 0 Å². The number of alkyl halides is 1. The second kappa shape index (κ2) is 4.58. The van der Waals surface area contributed by atoms with Crippen LogP contribution < -0.4 is 4.52 Å². The molecule has 12 heavy (non-hydrogen) atoms. The number of carbonyl (C=O) groups excluding carboxylic acids is 1. The number of hydrogen-bond donors (Lipinski definition) is 0. The third kappa shape index (κ3) is 2.29. The predicted molar refractivity (Wildman–Crippen MR) is 54.9 cm³/mol. The summed E-state index contributed by atoms with van der Waals surface area (Å²) < 4.78 is 4.88. The van der Waals surface area contributed by atoms with Crippen molar-refractivity contribution in [3.8, 4) is 5.75 Å². The molecule has 0 aromatic heterocycles. The van der Waals surface area contributed by atoms with E-state index in [0.29, 0.717) is 10.9 Å². The molecule has 1 aromatic carbocycles. The summed E-state index contributed by atoms with van der Waals surface area (Å²) in [7, 11) is 2.15. The van der Waals surface area contributed by atoms with Gasteiger partial charge in [-0.1, -0.05) is 15.9 Å². The van der Waals surface area contributed by atoms with Crippen molar-refractivity contribution in [2.24, 2.45) is 0 Å². The van der Waals surface area contributed by atoms with Gasteiger partial charge >= 0.3 is 0 Å². The average molecular weight is 247 g/mol. The third-order valence-electron chi connectivity index (χ3n) is 1.43. The number of ketones is 1. The Morgan fingerprint density at radius 1 is 1.42 bits per heavy atom. The minimum atomic E-state index is 0.0744. The van der Waals surface area contributed by atoms with Gasteiger partial charge in [-0.25, -0.2) is 0 Å². The SMILES string of the molecule is O=C(CBr)c1ccc(OP)cc1. The molecule has 2 nitrogen and oxygen atoms in total. The largest absolute Gasteiger partial charge is 0.480 e. The molecule has 0 radical (unpaired) electrons. The maximum Gasteiger partial charge on any atom is 0.173 e. The summed E-state index contributed by atoms with van der Waals surface area (Å²) in [5.41, 5.74) is 0.692. The van der Waals surface area contributed by atoms with Gasteiger partial charge in [0.25, 0.3) is 0 Å². The van der Waals surface area contributed by atoms with Crippen molar-refractivity contribution in [1.29, 1.82) is 0 Å². The Labute approximate surface area is 81.7 Å².